The molecule has 0 saturated carbocycles. The first kappa shape index (κ1) is 16.7. The Labute approximate surface area is 115 Å². The van der Waals surface area contributed by atoms with Crippen molar-refractivity contribution in [3.8, 4) is 5.75 Å². The van der Waals surface area contributed by atoms with Crippen molar-refractivity contribution in [2.75, 3.05) is 32.1 Å². The van der Waals surface area contributed by atoms with Gasteiger partial charge in [-0.05, 0) is 25.2 Å². The molecule has 1 aromatic carbocycles. The summed E-state index contributed by atoms with van der Waals surface area (Å²) in [5.41, 5.74) is 0.715. The van der Waals surface area contributed by atoms with Gasteiger partial charge in [-0.1, -0.05) is 26.0 Å². The third-order valence-corrected chi connectivity index (χ3v) is 2.64. The van der Waals surface area contributed by atoms with E-state index in [0.29, 0.717) is 18.0 Å². The van der Waals surface area contributed by atoms with Crippen LogP contribution in [0, 0.1) is 0 Å². The largest absolute Gasteiger partial charge is 0.495 e. The highest BCUT2D eigenvalue weighted by atomic mass is 35.5. The summed E-state index contributed by atoms with van der Waals surface area (Å²) in [4.78, 5) is 13.9. The second-order valence-electron chi connectivity index (χ2n) is 3.71. The van der Waals surface area contributed by atoms with Crippen LogP contribution >= 0.6 is 12.4 Å². The first-order valence-corrected chi connectivity index (χ1v) is 5.86. The minimum Gasteiger partial charge on any atom is -0.495 e. The number of hydrogen-bond acceptors (Lipinski definition) is 3. The van der Waals surface area contributed by atoms with Gasteiger partial charge in [-0.25, -0.2) is 0 Å². The number of benzene rings is 1. The predicted octanol–water partition coefficient (Wildman–Crippen LogP) is 2.40. The molecule has 1 amide bonds. The summed E-state index contributed by atoms with van der Waals surface area (Å²) in [6.45, 7) is 6.23. The van der Waals surface area contributed by atoms with Crippen LogP contribution in [0.1, 0.15) is 13.8 Å². The van der Waals surface area contributed by atoms with E-state index in [4.69, 9.17) is 4.74 Å². The van der Waals surface area contributed by atoms with Crippen molar-refractivity contribution in [3.63, 3.8) is 0 Å². The zero-order valence-electron chi connectivity index (χ0n) is 11.1. The Hall–Kier alpha value is -1.26. The highest BCUT2D eigenvalue weighted by Gasteiger charge is 2.09. The van der Waals surface area contributed by atoms with Gasteiger partial charge in [0.05, 0.1) is 19.3 Å². The van der Waals surface area contributed by atoms with Gasteiger partial charge in [0.2, 0.25) is 5.91 Å². The number of halogens is 1. The van der Waals surface area contributed by atoms with E-state index in [1.165, 1.54) is 0 Å². The number of carbonyl (C=O) groups is 1. The van der Waals surface area contributed by atoms with E-state index in [9.17, 15) is 4.79 Å². The molecule has 0 aliphatic carbocycles. The minimum atomic E-state index is -0.0156. The molecule has 18 heavy (non-hydrogen) atoms. The summed E-state index contributed by atoms with van der Waals surface area (Å²) in [5.74, 6) is 0.665. The van der Waals surface area contributed by atoms with Gasteiger partial charge in [-0.15, -0.1) is 12.4 Å². The van der Waals surface area contributed by atoms with E-state index in [0.717, 1.165) is 13.1 Å². The van der Waals surface area contributed by atoms with Crippen LogP contribution < -0.4 is 10.1 Å². The van der Waals surface area contributed by atoms with Gasteiger partial charge in [0, 0.05) is 0 Å². The predicted molar refractivity (Wildman–Crippen MR) is 76.7 cm³/mol. The second kappa shape index (κ2) is 8.78. The summed E-state index contributed by atoms with van der Waals surface area (Å²) >= 11 is 0. The van der Waals surface area contributed by atoms with E-state index in [1.807, 2.05) is 38.1 Å². The van der Waals surface area contributed by atoms with Crippen LogP contribution in [0.4, 0.5) is 5.69 Å². The van der Waals surface area contributed by atoms with Crippen LogP contribution in [0.25, 0.3) is 0 Å². The Morgan fingerprint density at radius 1 is 1.28 bits per heavy atom. The fraction of sp³-hybridized carbons (Fsp3) is 0.462. The van der Waals surface area contributed by atoms with E-state index in [-0.39, 0.29) is 18.3 Å². The van der Waals surface area contributed by atoms with Crippen LogP contribution in [-0.4, -0.2) is 37.6 Å². The molecule has 0 bridgehead atoms. The molecule has 5 heteroatoms. The molecule has 0 saturated heterocycles. The molecule has 0 aromatic heterocycles. The Kier molecular flexibility index (Phi) is 8.16. The Bertz CT molecular complexity index is 368. The number of nitrogens with one attached hydrogen (secondary N) is 1. The number of hydrogen-bond donors (Lipinski definition) is 1. The molecule has 0 radical (unpaired) electrons. The smallest absolute Gasteiger partial charge is 0.238 e. The second-order valence-corrected chi connectivity index (χ2v) is 3.71. The van der Waals surface area contributed by atoms with Crippen molar-refractivity contribution in [3.05, 3.63) is 24.3 Å². The highest BCUT2D eigenvalue weighted by Crippen LogP contribution is 2.22. The molecule has 0 atom stereocenters. The average Bonchev–Trinajstić information content (AvgIpc) is 2.36. The highest BCUT2D eigenvalue weighted by molar-refractivity contribution is 5.93. The molecular formula is C13H21ClN2O2. The molecule has 1 aromatic rings. The molecule has 1 rings (SSSR count). The van der Waals surface area contributed by atoms with Gasteiger partial charge in [0.1, 0.15) is 5.75 Å². The van der Waals surface area contributed by atoms with Crippen molar-refractivity contribution in [1.29, 1.82) is 0 Å². The van der Waals surface area contributed by atoms with Crippen LogP contribution in [0.5, 0.6) is 5.75 Å². The number of nitrogens with zero attached hydrogens (tertiary/aromatic N) is 1. The van der Waals surface area contributed by atoms with Crippen molar-refractivity contribution in [1.82, 2.24) is 4.90 Å². The maximum atomic E-state index is 11.8. The number of para-hydroxylation sites is 2. The molecular weight excluding hydrogens is 252 g/mol. The maximum Gasteiger partial charge on any atom is 0.238 e. The lowest BCUT2D eigenvalue weighted by Crippen LogP contribution is -2.32. The third kappa shape index (κ3) is 4.94. The molecule has 102 valence electrons. The van der Waals surface area contributed by atoms with Gasteiger partial charge < -0.3 is 10.1 Å². The van der Waals surface area contributed by atoms with E-state index >= 15 is 0 Å². The summed E-state index contributed by atoms with van der Waals surface area (Å²) in [7, 11) is 1.59. The minimum absolute atomic E-state index is 0. The number of methoxy groups -OCH3 is 1. The first-order valence-electron chi connectivity index (χ1n) is 5.86. The SMILES string of the molecule is CCN(CC)CC(=O)Nc1ccccc1OC.Cl. The van der Waals surface area contributed by atoms with E-state index in [1.54, 1.807) is 7.11 Å². The summed E-state index contributed by atoms with van der Waals surface area (Å²) in [5, 5.41) is 2.85. The Morgan fingerprint density at radius 2 is 1.89 bits per heavy atom. The van der Waals surface area contributed by atoms with Crippen molar-refractivity contribution in [2.24, 2.45) is 0 Å². The Balaban J connectivity index is 0.00000289. The summed E-state index contributed by atoms with van der Waals surface area (Å²) in [6.07, 6.45) is 0. The van der Waals surface area contributed by atoms with Gasteiger partial charge >= 0.3 is 0 Å². The molecule has 1 N–H and O–H groups in total. The molecule has 0 heterocycles. The number of likely N-dealkylation sites (N-methyl/N-ethyl adjacent to an activating group) is 1. The Morgan fingerprint density at radius 3 is 2.44 bits per heavy atom. The summed E-state index contributed by atoms with van der Waals surface area (Å²) < 4.78 is 5.18. The monoisotopic (exact) mass is 272 g/mol. The van der Waals surface area contributed by atoms with Gasteiger partial charge in [-0.3, -0.25) is 9.69 Å². The maximum absolute atomic E-state index is 11.8. The molecule has 0 spiro atoms. The van der Waals surface area contributed by atoms with E-state index < -0.39 is 0 Å². The standard InChI is InChI=1S/C13H20N2O2.ClH/c1-4-15(5-2)10-13(16)14-11-8-6-7-9-12(11)17-3;/h6-9H,4-5,10H2,1-3H3,(H,14,16);1H. The topological polar surface area (TPSA) is 41.6 Å². The number of carbonyl (C=O) groups excluding carboxylic acids is 1. The number of ether oxygens (including phenoxy) is 1. The van der Waals surface area contributed by atoms with E-state index in [2.05, 4.69) is 10.2 Å². The average molecular weight is 273 g/mol. The third-order valence-electron chi connectivity index (χ3n) is 2.64. The molecule has 4 nitrogen and oxygen atoms in total. The van der Waals surface area contributed by atoms with Crippen LogP contribution in [0.3, 0.4) is 0 Å². The number of amides is 1. The fourth-order valence-electron chi connectivity index (χ4n) is 1.59. The lowest BCUT2D eigenvalue weighted by Gasteiger charge is -2.17. The van der Waals surface area contributed by atoms with Gasteiger partial charge in [0.15, 0.2) is 0 Å². The zero-order valence-corrected chi connectivity index (χ0v) is 11.9. The van der Waals surface area contributed by atoms with Crippen molar-refractivity contribution < 1.29 is 9.53 Å². The molecule has 0 aliphatic heterocycles. The number of anilines is 1. The van der Waals surface area contributed by atoms with Crippen molar-refractivity contribution in [2.45, 2.75) is 13.8 Å². The fourth-order valence-corrected chi connectivity index (χ4v) is 1.59. The first-order chi connectivity index (χ1) is 8.21. The van der Waals surface area contributed by atoms with Crippen LogP contribution in [0.2, 0.25) is 0 Å². The molecule has 0 aliphatic rings. The summed E-state index contributed by atoms with van der Waals surface area (Å²) in [6, 6.07) is 7.40. The normalized spacial score (nSPS) is 9.78. The molecule has 0 fully saturated rings. The van der Waals surface area contributed by atoms with Crippen LogP contribution in [-0.2, 0) is 4.79 Å². The van der Waals surface area contributed by atoms with Gasteiger partial charge in [0.25, 0.3) is 0 Å². The zero-order chi connectivity index (χ0) is 12.7. The van der Waals surface area contributed by atoms with Crippen LogP contribution in [0.15, 0.2) is 24.3 Å². The molecule has 0 unspecified atom stereocenters. The lowest BCUT2D eigenvalue weighted by atomic mass is 10.3. The van der Waals surface area contributed by atoms with Crippen molar-refractivity contribution >= 4 is 24.0 Å². The number of rotatable bonds is 6. The van der Waals surface area contributed by atoms with Gasteiger partial charge in [-0.2, -0.15) is 0 Å². The quantitative estimate of drug-likeness (QED) is 0.865. The lowest BCUT2D eigenvalue weighted by molar-refractivity contribution is -0.117.